The number of nitrogens with zero attached hydrogens (tertiary/aromatic N) is 6. The Labute approximate surface area is 208 Å². The molecule has 2 aromatic heterocycles. The number of piperazine rings is 1. The molecule has 36 heavy (non-hydrogen) atoms. The molecule has 5 rings (SSSR count). The van der Waals surface area contributed by atoms with Gasteiger partial charge in [-0.3, -0.25) is 18.7 Å². The molecule has 0 radical (unpaired) electrons. The molecular formula is C27H28N6O3. The standard InChI is InChI=1S/C27H28N6O3/c1-18-8-7-11-21(14-18)32-13-12-31(16-19(32)2)23(34)17-33-26(35)22-15-28-24(20-9-5-4-6-10-20)29-25(22)30(3)27(33)36/h4-11,14-15,19H,12-13,16-17H2,1-3H3/t19-/m1/s1. The molecular weight excluding hydrogens is 456 g/mol. The highest BCUT2D eigenvalue weighted by atomic mass is 16.2. The maximum atomic E-state index is 13.2. The van der Waals surface area contributed by atoms with Crippen LogP contribution in [0.5, 0.6) is 0 Å². The minimum absolute atomic E-state index is 0.102. The summed E-state index contributed by atoms with van der Waals surface area (Å²) in [4.78, 5) is 52.3. The van der Waals surface area contributed by atoms with E-state index < -0.39 is 11.2 Å². The Balaban J connectivity index is 1.39. The Morgan fingerprint density at radius 1 is 1.06 bits per heavy atom. The van der Waals surface area contributed by atoms with Gasteiger partial charge in [-0.25, -0.2) is 14.8 Å². The molecule has 1 aliphatic heterocycles. The molecule has 9 nitrogen and oxygen atoms in total. The summed E-state index contributed by atoms with van der Waals surface area (Å²) in [5, 5.41) is 0.196. The van der Waals surface area contributed by atoms with Crippen molar-refractivity contribution in [1.82, 2.24) is 24.0 Å². The molecule has 0 aliphatic carbocycles. The third kappa shape index (κ3) is 4.28. The Hall–Kier alpha value is -4.27. The fourth-order valence-electron chi connectivity index (χ4n) is 4.76. The second-order valence-corrected chi connectivity index (χ2v) is 9.25. The molecule has 3 heterocycles. The van der Waals surface area contributed by atoms with E-state index in [9.17, 15) is 14.4 Å². The van der Waals surface area contributed by atoms with E-state index >= 15 is 0 Å². The predicted octanol–water partition coefficient (Wildman–Crippen LogP) is 2.20. The molecule has 1 fully saturated rings. The number of hydrogen-bond donors (Lipinski definition) is 0. The van der Waals surface area contributed by atoms with Crippen molar-refractivity contribution < 1.29 is 4.79 Å². The lowest BCUT2D eigenvalue weighted by Gasteiger charge is -2.41. The smallest absolute Gasteiger partial charge is 0.332 e. The lowest BCUT2D eigenvalue weighted by atomic mass is 10.1. The van der Waals surface area contributed by atoms with Gasteiger partial charge in [0.25, 0.3) is 5.56 Å². The number of anilines is 1. The van der Waals surface area contributed by atoms with E-state index in [0.29, 0.717) is 25.5 Å². The van der Waals surface area contributed by atoms with Crippen LogP contribution >= 0.6 is 0 Å². The first-order valence-corrected chi connectivity index (χ1v) is 12.0. The van der Waals surface area contributed by atoms with E-state index in [1.807, 2.05) is 36.4 Å². The van der Waals surface area contributed by atoms with Crippen LogP contribution in [0.25, 0.3) is 22.4 Å². The maximum absolute atomic E-state index is 13.2. The van der Waals surface area contributed by atoms with Crippen molar-refractivity contribution in [2.75, 3.05) is 24.5 Å². The van der Waals surface area contributed by atoms with Crippen LogP contribution in [0.2, 0.25) is 0 Å². The lowest BCUT2D eigenvalue weighted by Crippen LogP contribution is -2.55. The highest BCUT2D eigenvalue weighted by Crippen LogP contribution is 2.22. The molecule has 0 N–H and O–H groups in total. The van der Waals surface area contributed by atoms with Crippen LogP contribution < -0.4 is 16.1 Å². The highest BCUT2D eigenvalue weighted by molar-refractivity contribution is 5.78. The minimum atomic E-state index is -0.579. The summed E-state index contributed by atoms with van der Waals surface area (Å²) in [5.74, 6) is 0.165. The van der Waals surface area contributed by atoms with Gasteiger partial charge in [0, 0.05) is 50.2 Å². The van der Waals surface area contributed by atoms with E-state index in [0.717, 1.165) is 15.8 Å². The van der Waals surface area contributed by atoms with E-state index in [1.54, 1.807) is 11.9 Å². The molecule has 184 valence electrons. The van der Waals surface area contributed by atoms with Gasteiger partial charge in [0.05, 0.1) is 0 Å². The molecule has 0 spiro atoms. The first-order chi connectivity index (χ1) is 17.3. The molecule has 0 unspecified atom stereocenters. The molecule has 4 aromatic rings. The van der Waals surface area contributed by atoms with Gasteiger partial charge in [0.1, 0.15) is 11.9 Å². The number of carbonyl (C=O) groups excluding carboxylic acids is 1. The summed E-state index contributed by atoms with van der Waals surface area (Å²) in [6.45, 7) is 5.52. The molecule has 9 heteroatoms. The van der Waals surface area contributed by atoms with Crippen molar-refractivity contribution in [3.8, 4) is 11.4 Å². The molecule has 0 saturated carbocycles. The fourth-order valence-corrected chi connectivity index (χ4v) is 4.76. The van der Waals surface area contributed by atoms with E-state index in [-0.39, 0.29) is 29.5 Å². The van der Waals surface area contributed by atoms with E-state index in [2.05, 4.69) is 46.9 Å². The van der Waals surface area contributed by atoms with Gasteiger partial charge in [0.2, 0.25) is 5.91 Å². The van der Waals surface area contributed by atoms with Gasteiger partial charge < -0.3 is 9.80 Å². The summed E-state index contributed by atoms with van der Waals surface area (Å²) in [7, 11) is 1.55. The van der Waals surface area contributed by atoms with Crippen LogP contribution in [0.3, 0.4) is 0 Å². The van der Waals surface area contributed by atoms with E-state index in [4.69, 9.17) is 0 Å². The second-order valence-electron chi connectivity index (χ2n) is 9.25. The van der Waals surface area contributed by atoms with Gasteiger partial charge >= 0.3 is 5.69 Å². The molecule has 0 bridgehead atoms. The first kappa shape index (κ1) is 23.5. The summed E-state index contributed by atoms with van der Waals surface area (Å²) < 4.78 is 2.28. The van der Waals surface area contributed by atoms with Crippen molar-refractivity contribution in [3.05, 3.63) is 87.2 Å². The summed E-state index contributed by atoms with van der Waals surface area (Å²) in [5.41, 5.74) is 2.19. The number of amides is 1. The lowest BCUT2D eigenvalue weighted by molar-refractivity contribution is -0.132. The minimum Gasteiger partial charge on any atom is -0.365 e. The maximum Gasteiger partial charge on any atom is 0.332 e. The zero-order chi connectivity index (χ0) is 25.4. The predicted molar refractivity (Wildman–Crippen MR) is 139 cm³/mol. The van der Waals surface area contributed by atoms with Gasteiger partial charge in [-0.15, -0.1) is 0 Å². The van der Waals surface area contributed by atoms with Crippen LogP contribution in [0.4, 0.5) is 5.69 Å². The topological polar surface area (TPSA) is 93.3 Å². The summed E-state index contributed by atoms with van der Waals surface area (Å²) in [6, 6.07) is 17.7. The Morgan fingerprint density at radius 3 is 2.56 bits per heavy atom. The van der Waals surface area contributed by atoms with Gasteiger partial charge in [-0.05, 0) is 31.5 Å². The largest absolute Gasteiger partial charge is 0.365 e. The number of benzene rings is 2. The third-order valence-corrected chi connectivity index (χ3v) is 6.72. The average Bonchev–Trinajstić information content (AvgIpc) is 2.90. The van der Waals surface area contributed by atoms with Gasteiger partial charge in [-0.2, -0.15) is 0 Å². The third-order valence-electron chi connectivity index (χ3n) is 6.72. The van der Waals surface area contributed by atoms with Gasteiger partial charge in [-0.1, -0.05) is 42.5 Å². The molecule has 2 aromatic carbocycles. The first-order valence-electron chi connectivity index (χ1n) is 12.0. The van der Waals surface area contributed by atoms with Crippen LogP contribution in [-0.4, -0.2) is 55.6 Å². The molecule has 1 aliphatic rings. The van der Waals surface area contributed by atoms with Crippen LogP contribution in [0, 0.1) is 6.92 Å². The van der Waals surface area contributed by atoms with Crippen molar-refractivity contribution >= 4 is 22.6 Å². The molecule has 1 amide bonds. The van der Waals surface area contributed by atoms with Crippen molar-refractivity contribution in [1.29, 1.82) is 0 Å². The molecule has 1 saturated heterocycles. The Morgan fingerprint density at radius 2 is 1.83 bits per heavy atom. The van der Waals surface area contributed by atoms with Gasteiger partial charge in [0.15, 0.2) is 11.5 Å². The van der Waals surface area contributed by atoms with Crippen molar-refractivity contribution in [3.63, 3.8) is 0 Å². The number of fused-ring (bicyclic) bond motifs is 1. The van der Waals surface area contributed by atoms with Crippen LogP contribution in [-0.2, 0) is 18.4 Å². The quantitative estimate of drug-likeness (QED) is 0.441. The van der Waals surface area contributed by atoms with E-state index in [1.165, 1.54) is 16.3 Å². The SMILES string of the molecule is Cc1cccc(N2CCN(C(=O)Cn3c(=O)c4cnc(-c5ccccc5)nc4n(C)c3=O)C[C@H]2C)c1. The van der Waals surface area contributed by atoms with Crippen LogP contribution in [0.1, 0.15) is 12.5 Å². The Kier molecular flexibility index (Phi) is 6.13. The number of aromatic nitrogens is 4. The zero-order valence-corrected chi connectivity index (χ0v) is 20.6. The number of carbonyl (C=O) groups is 1. The second kappa shape index (κ2) is 9.41. The highest BCUT2D eigenvalue weighted by Gasteiger charge is 2.28. The normalized spacial score (nSPS) is 15.9. The van der Waals surface area contributed by atoms with Crippen molar-refractivity contribution in [2.24, 2.45) is 7.05 Å². The summed E-state index contributed by atoms with van der Waals surface area (Å²) in [6.07, 6.45) is 1.43. The summed E-state index contributed by atoms with van der Waals surface area (Å²) >= 11 is 0. The van der Waals surface area contributed by atoms with Crippen LogP contribution in [0.15, 0.2) is 70.4 Å². The number of rotatable bonds is 4. The monoisotopic (exact) mass is 484 g/mol. The zero-order valence-electron chi connectivity index (χ0n) is 20.6. The average molecular weight is 485 g/mol. The fraction of sp³-hybridized carbons (Fsp3) is 0.296. The Bertz CT molecular complexity index is 1560. The number of aryl methyl sites for hydroxylation is 2. The van der Waals surface area contributed by atoms with Crippen molar-refractivity contribution in [2.45, 2.75) is 26.4 Å². The number of hydrogen-bond acceptors (Lipinski definition) is 6. The molecule has 1 atom stereocenters.